The van der Waals surface area contributed by atoms with E-state index in [0.717, 1.165) is 16.0 Å². The van der Waals surface area contributed by atoms with Crippen molar-refractivity contribution in [1.82, 2.24) is 0 Å². The summed E-state index contributed by atoms with van der Waals surface area (Å²) in [5.74, 6) is 0. The number of hydrogen-bond donors (Lipinski definition) is 0. The molecular formula is C13H12Cl2O2S2. The van der Waals surface area contributed by atoms with Crippen LogP contribution in [0.15, 0.2) is 35.2 Å². The van der Waals surface area contributed by atoms with Crippen molar-refractivity contribution in [3.63, 3.8) is 0 Å². The van der Waals surface area contributed by atoms with Gasteiger partial charge in [0.2, 0.25) is 0 Å². The Hall–Kier alpha value is -0.550. The van der Waals surface area contributed by atoms with Crippen LogP contribution in [0.4, 0.5) is 0 Å². The van der Waals surface area contributed by atoms with E-state index in [1.807, 2.05) is 19.1 Å². The molecule has 0 saturated carbocycles. The molecule has 0 aliphatic heterocycles. The van der Waals surface area contributed by atoms with E-state index in [4.69, 9.17) is 23.2 Å². The van der Waals surface area contributed by atoms with Crippen LogP contribution in [0.1, 0.15) is 21.4 Å². The van der Waals surface area contributed by atoms with Gasteiger partial charge in [0.1, 0.15) is 0 Å². The van der Waals surface area contributed by atoms with E-state index in [1.165, 1.54) is 17.6 Å². The molecule has 0 aliphatic rings. The Labute approximate surface area is 126 Å². The smallest absolute Gasteiger partial charge is 0.175 e. The number of hydrogen-bond acceptors (Lipinski definition) is 3. The second kappa shape index (κ2) is 5.44. The lowest BCUT2D eigenvalue weighted by molar-refractivity contribution is 0.602. The first-order valence-corrected chi connectivity index (χ1v) is 9.01. The minimum atomic E-state index is -3.23. The second-order valence-corrected chi connectivity index (χ2v) is 8.45. The van der Waals surface area contributed by atoms with Crippen molar-refractivity contribution in [3.05, 3.63) is 50.7 Å². The predicted octanol–water partition coefficient (Wildman–Crippen LogP) is 4.44. The maximum atomic E-state index is 11.5. The third-order valence-corrected chi connectivity index (χ3v) is 6.05. The minimum absolute atomic E-state index is 0.273. The molecule has 102 valence electrons. The molecule has 1 heterocycles. The lowest BCUT2D eigenvalue weighted by atomic mass is 10.1. The fourth-order valence-corrected chi connectivity index (χ4v) is 3.91. The Kier molecular flexibility index (Phi) is 4.26. The van der Waals surface area contributed by atoms with E-state index >= 15 is 0 Å². The molecule has 1 atom stereocenters. The highest BCUT2D eigenvalue weighted by atomic mass is 35.5. The van der Waals surface area contributed by atoms with Crippen LogP contribution in [0.5, 0.6) is 0 Å². The van der Waals surface area contributed by atoms with Crippen LogP contribution in [-0.2, 0) is 9.84 Å². The summed E-state index contributed by atoms with van der Waals surface area (Å²) in [7, 11) is -3.23. The molecule has 0 bridgehead atoms. The highest BCUT2D eigenvalue weighted by Gasteiger charge is 2.17. The molecule has 0 radical (unpaired) electrons. The van der Waals surface area contributed by atoms with Crippen molar-refractivity contribution in [3.8, 4) is 0 Å². The van der Waals surface area contributed by atoms with Gasteiger partial charge in [-0.1, -0.05) is 23.7 Å². The van der Waals surface area contributed by atoms with Crippen molar-refractivity contribution < 1.29 is 8.42 Å². The molecule has 2 aromatic rings. The van der Waals surface area contributed by atoms with E-state index in [1.54, 1.807) is 18.2 Å². The third kappa shape index (κ3) is 3.31. The Morgan fingerprint density at radius 2 is 1.95 bits per heavy atom. The van der Waals surface area contributed by atoms with Crippen LogP contribution < -0.4 is 0 Å². The molecule has 2 nitrogen and oxygen atoms in total. The Morgan fingerprint density at radius 1 is 1.26 bits per heavy atom. The van der Waals surface area contributed by atoms with E-state index in [9.17, 15) is 8.42 Å². The summed E-state index contributed by atoms with van der Waals surface area (Å²) in [6.07, 6.45) is 1.18. The van der Waals surface area contributed by atoms with Gasteiger partial charge in [-0.05, 0) is 36.2 Å². The molecule has 1 unspecified atom stereocenters. The van der Waals surface area contributed by atoms with Crippen molar-refractivity contribution in [2.45, 2.75) is 17.2 Å². The van der Waals surface area contributed by atoms with Crippen LogP contribution >= 0.6 is 34.5 Å². The maximum absolute atomic E-state index is 11.5. The lowest BCUT2D eigenvalue weighted by Gasteiger charge is -2.09. The number of rotatable bonds is 3. The zero-order chi connectivity index (χ0) is 14.2. The average molecular weight is 335 g/mol. The summed E-state index contributed by atoms with van der Waals surface area (Å²) in [6, 6.07) is 8.61. The number of thiophene rings is 1. The molecule has 2 rings (SSSR count). The number of benzene rings is 1. The van der Waals surface area contributed by atoms with Gasteiger partial charge in [0.15, 0.2) is 9.84 Å². The Bertz CT molecular complexity index is 686. The van der Waals surface area contributed by atoms with Crippen molar-refractivity contribution in [2.24, 2.45) is 0 Å². The zero-order valence-electron chi connectivity index (χ0n) is 10.4. The molecule has 0 fully saturated rings. The highest BCUT2D eigenvalue weighted by molar-refractivity contribution is 7.90. The van der Waals surface area contributed by atoms with Crippen LogP contribution in [0.25, 0.3) is 0 Å². The Morgan fingerprint density at radius 3 is 2.47 bits per heavy atom. The van der Waals surface area contributed by atoms with Crippen molar-refractivity contribution in [2.75, 3.05) is 6.26 Å². The third-order valence-electron chi connectivity index (χ3n) is 2.70. The summed E-state index contributed by atoms with van der Waals surface area (Å²) in [6.45, 7) is 1.92. The fraction of sp³-hybridized carbons (Fsp3) is 0.231. The van der Waals surface area contributed by atoms with Crippen LogP contribution in [0, 0.1) is 6.92 Å². The molecule has 0 spiro atoms. The second-order valence-electron chi connectivity index (χ2n) is 4.31. The van der Waals surface area contributed by atoms with Gasteiger partial charge >= 0.3 is 0 Å². The molecule has 19 heavy (non-hydrogen) atoms. The quantitative estimate of drug-likeness (QED) is 0.777. The van der Waals surface area contributed by atoms with Crippen LogP contribution in [-0.4, -0.2) is 14.7 Å². The molecule has 1 aromatic heterocycles. The summed E-state index contributed by atoms with van der Waals surface area (Å²) >= 11 is 13.8. The molecule has 6 heteroatoms. The SMILES string of the molecule is Cc1cc(C(Cl)c2cccc(S(C)(=O)=O)c2)sc1Cl. The number of aryl methyl sites for hydroxylation is 1. The van der Waals surface area contributed by atoms with Crippen LogP contribution in [0.3, 0.4) is 0 Å². The normalized spacial score (nSPS) is 13.5. The first-order valence-electron chi connectivity index (χ1n) is 5.49. The first-order chi connectivity index (χ1) is 8.79. The van der Waals surface area contributed by atoms with Crippen LogP contribution in [0.2, 0.25) is 4.34 Å². The largest absolute Gasteiger partial charge is 0.224 e. The van der Waals surface area contributed by atoms with Gasteiger partial charge in [-0.15, -0.1) is 22.9 Å². The van der Waals surface area contributed by atoms with Gasteiger partial charge in [-0.3, -0.25) is 0 Å². The summed E-state index contributed by atoms with van der Waals surface area (Å²) < 4.78 is 23.8. The molecular weight excluding hydrogens is 323 g/mol. The fourth-order valence-electron chi connectivity index (χ4n) is 1.68. The standard InChI is InChI=1S/C13H12Cl2O2S2/c1-8-6-11(18-13(8)15)12(14)9-4-3-5-10(7-9)19(2,16)17/h3-7,12H,1-2H3. The zero-order valence-corrected chi connectivity index (χ0v) is 13.5. The monoisotopic (exact) mass is 334 g/mol. The van der Waals surface area contributed by atoms with Crippen molar-refractivity contribution in [1.29, 1.82) is 0 Å². The van der Waals surface area contributed by atoms with Gasteiger partial charge in [0.25, 0.3) is 0 Å². The number of sulfone groups is 1. The predicted molar refractivity (Wildman–Crippen MR) is 81.3 cm³/mol. The molecule has 0 saturated heterocycles. The van der Waals surface area contributed by atoms with E-state index in [2.05, 4.69) is 0 Å². The number of alkyl halides is 1. The highest BCUT2D eigenvalue weighted by Crippen LogP contribution is 2.38. The number of halogens is 2. The summed E-state index contributed by atoms with van der Waals surface area (Å²) in [4.78, 5) is 1.19. The van der Waals surface area contributed by atoms with Gasteiger partial charge in [0, 0.05) is 11.1 Å². The van der Waals surface area contributed by atoms with Crippen molar-refractivity contribution >= 4 is 44.4 Å². The first kappa shape index (κ1) is 14.9. The summed E-state index contributed by atoms with van der Waals surface area (Å²) in [5.41, 5.74) is 1.73. The van der Waals surface area contributed by atoms with Gasteiger partial charge < -0.3 is 0 Å². The topological polar surface area (TPSA) is 34.1 Å². The molecule has 0 N–H and O–H groups in total. The molecule has 0 amide bonds. The molecule has 0 aliphatic carbocycles. The molecule has 1 aromatic carbocycles. The van der Waals surface area contributed by atoms with E-state index < -0.39 is 15.2 Å². The Balaban J connectivity index is 2.42. The van der Waals surface area contributed by atoms with Gasteiger partial charge in [0.05, 0.1) is 14.6 Å². The maximum Gasteiger partial charge on any atom is 0.175 e. The van der Waals surface area contributed by atoms with Gasteiger partial charge in [-0.25, -0.2) is 8.42 Å². The van der Waals surface area contributed by atoms with E-state index in [0.29, 0.717) is 4.34 Å². The summed E-state index contributed by atoms with van der Waals surface area (Å²) in [5, 5.41) is -0.391. The lowest BCUT2D eigenvalue weighted by Crippen LogP contribution is -1.99. The van der Waals surface area contributed by atoms with E-state index in [-0.39, 0.29) is 4.90 Å². The van der Waals surface area contributed by atoms with Gasteiger partial charge in [-0.2, -0.15) is 0 Å². The minimum Gasteiger partial charge on any atom is -0.224 e. The average Bonchev–Trinajstić information content (AvgIpc) is 2.68.